The van der Waals surface area contributed by atoms with Crippen LogP contribution in [0.2, 0.25) is 5.02 Å². The van der Waals surface area contributed by atoms with Gasteiger partial charge in [0.15, 0.2) is 0 Å². The zero-order valence-electron chi connectivity index (χ0n) is 8.12. The van der Waals surface area contributed by atoms with Crippen LogP contribution in [0.4, 0.5) is 4.79 Å². The van der Waals surface area contributed by atoms with Crippen molar-refractivity contribution >= 4 is 30.1 Å². The van der Waals surface area contributed by atoms with Gasteiger partial charge in [-0.25, -0.2) is 4.79 Å². The lowest BCUT2D eigenvalue weighted by Gasteiger charge is -2.10. The number of ether oxygens (including phenoxy) is 1. The van der Waals surface area contributed by atoms with Crippen molar-refractivity contribution in [3.63, 3.8) is 0 Å². The third-order valence-corrected chi connectivity index (χ3v) is 2.31. The van der Waals surface area contributed by atoms with Crippen LogP contribution in [0.25, 0.3) is 0 Å². The largest absolute Gasteiger partial charge is 0.410 e. The molecule has 0 atom stereocenters. The van der Waals surface area contributed by atoms with Crippen LogP contribution in [0.3, 0.4) is 0 Å². The highest BCUT2D eigenvalue weighted by Crippen LogP contribution is 2.27. The molecule has 0 aromatic heterocycles. The Labute approximate surface area is 98.9 Å². The summed E-state index contributed by atoms with van der Waals surface area (Å²) in [7, 11) is 0. The first-order valence-corrected chi connectivity index (χ1v) is 4.39. The van der Waals surface area contributed by atoms with Gasteiger partial charge in [0.2, 0.25) is 0 Å². The number of benzene rings is 1. The summed E-state index contributed by atoms with van der Waals surface area (Å²) in [5, 5.41) is 0.585. The zero-order valence-corrected chi connectivity index (χ0v) is 9.69. The fourth-order valence-electron chi connectivity index (χ4n) is 1.16. The maximum absolute atomic E-state index is 10.6. The van der Waals surface area contributed by atoms with Gasteiger partial charge in [-0.05, 0) is 24.6 Å². The van der Waals surface area contributed by atoms with Crippen LogP contribution in [0, 0.1) is 6.92 Å². The van der Waals surface area contributed by atoms with E-state index >= 15 is 0 Å². The van der Waals surface area contributed by atoms with Crippen LogP contribution >= 0.6 is 24.0 Å². The van der Waals surface area contributed by atoms with Gasteiger partial charge in [0.25, 0.3) is 0 Å². The first-order valence-electron chi connectivity index (χ1n) is 4.01. The SMILES string of the molecule is Cc1c(Cl)ccc(OC(N)=O)c1CN.Cl. The molecule has 1 aromatic rings. The summed E-state index contributed by atoms with van der Waals surface area (Å²) < 4.78 is 4.77. The lowest BCUT2D eigenvalue weighted by atomic mass is 10.1. The van der Waals surface area contributed by atoms with E-state index in [1.165, 1.54) is 0 Å². The first-order chi connectivity index (χ1) is 6.56. The fraction of sp³-hybridized carbons (Fsp3) is 0.222. The van der Waals surface area contributed by atoms with Crippen molar-refractivity contribution in [2.45, 2.75) is 13.5 Å². The molecule has 6 heteroatoms. The van der Waals surface area contributed by atoms with Gasteiger partial charge in [0.1, 0.15) is 5.75 Å². The Balaban J connectivity index is 0.00000196. The second-order valence-corrected chi connectivity index (χ2v) is 3.18. The van der Waals surface area contributed by atoms with Gasteiger partial charge >= 0.3 is 6.09 Å². The summed E-state index contributed by atoms with van der Waals surface area (Å²) >= 11 is 5.87. The number of rotatable bonds is 2. The Hall–Kier alpha value is -0.970. The highest BCUT2D eigenvalue weighted by molar-refractivity contribution is 6.31. The van der Waals surface area contributed by atoms with Crippen molar-refractivity contribution in [3.05, 3.63) is 28.3 Å². The minimum absolute atomic E-state index is 0. The number of primary amides is 1. The second-order valence-electron chi connectivity index (χ2n) is 2.77. The van der Waals surface area contributed by atoms with Crippen molar-refractivity contribution < 1.29 is 9.53 Å². The molecular formula is C9H12Cl2N2O2. The minimum atomic E-state index is -0.860. The van der Waals surface area contributed by atoms with E-state index in [-0.39, 0.29) is 19.0 Å². The molecule has 0 saturated carbocycles. The topological polar surface area (TPSA) is 78.3 Å². The summed E-state index contributed by atoms with van der Waals surface area (Å²) in [6.45, 7) is 2.05. The van der Waals surface area contributed by atoms with E-state index in [4.69, 9.17) is 27.8 Å². The average molecular weight is 251 g/mol. The van der Waals surface area contributed by atoms with E-state index in [2.05, 4.69) is 0 Å². The van der Waals surface area contributed by atoms with E-state index < -0.39 is 6.09 Å². The molecule has 0 fully saturated rings. The standard InChI is InChI=1S/C9H11ClN2O2.ClH/c1-5-6(4-11)8(14-9(12)13)3-2-7(5)10;/h2-3H,4,11H2,1H3,(H2,12,13);1H. The summed E-state index contributed by atoms with van der Waals surface area (Å²) in [6, 6.07) is 3.20. The Morgan fingerprint density at radius 1 is 1.53 bits per heavy atom. The summed E-state index contributed by atoms with van der Waals surface area (Å²) in [4.78, 5) is 10.6. The molecule has 1 amide bonds. The van der Waals surface area contributed by atoms with Crippen LogP contribution in [-0.4, -0.2) is 6.09 Å². The van der Waals surface area contributed by atoms with Crippen LogP contribution in [0.15, 0.2) is 12.1 Å². The van der Waals surface area contributed by atoms with Crippen LogP contribution in [0.5, 0.6) is 5.75 Å². The maximum atomic E-state index is 10.6. The molecular weight excluding hydrogens is 239 g/mol. The van der Waals surface area contributed by atoms with E-state index in [0.29, 0.717) is 16.3 Å². The zero-order chi connectivity index (χ0) is 10.7. The molecule has 4 nitrogen and oxygen atoms in total. The number of hydrogen-bond donors (Lipinski definition) is 2. The lowest BCUT2D eigenvalue weighted by molar-refractivity contribution is 0.210. The van der Waals surface area contributed by atoms with Gasteiger partial charge in [-0.15, -0.1) is 12.4 Å². The molecule has 1 aromatic carbocycles. The normalized spacial score (nSPS) is 9.27. The third-order valence-electron chi connectivity index (χ3n) is 1.90. The predicted molar refractivity (Wildman–Crippen MR) is 61.5 cm³/mol. The molecule has 15 heavy (non-hydrogen) atoms. The molecule has 0 bridgehead atoms. The van der Waals surface area contributed by atoms with E-state index in [1.54, 1.807) is 19.1 Å². The minimum Gasteiger partial charge on any atom is -0.410 e. The van der Waals surface area contributed by atoms with Crippen molar-refractivity contribution in [1.29, 1.82) is 0 Å². The summed E-state index contributed by atoms with van der Waals surface area (Å²) in [5.41, 5.74) is 11.9. The quantitative estimate of drug-likeness (QED) is 0.843. The molecule has 84 valence electrons. The van der Waals surface area contributed by atoms with Crippen molar-refractivity contribution in [2.75, 3.05) is 0 Å². The molecule has 4 N–H and O–H groups in total. The van der Waals surface area contributed by atoms with Gasteiger partial charge in [-0.2, -0.15) is 0 Å². The van der Waals surface area contributed by atoms with Crippen LogP contribution < -0.4 is 16.2 Å². The first kappa shape index (κ1) is 14.0. The summed E-state index contributed by atoms with van der Waals surface area (Å²) in [6.07, 6.45) is -0.860. The molecule has 0 unspecified atom stereocenters. The molecule has 0 aliphatic heterocycles. The van der Waals surface area contributed by atoms with E-state index in [1.807, 2.05) is 0 Å². The molecule has 0 aliphatic carbocycles. The number of hydrogen-bond acceptors (Lipinski definition) is 3. The van der Waals surface area contributed by atoms with Gasteiger partial charge in [0.05, 0.1) is 0 Å². The van der Waals surface area contributed by atoms with E-state index in [0.717, 1.165) is 5.56 Å². The van der Waals surface area contributed by atoms with Crippen molar-refractivity contribution in [2.24, 2.45) is 11.5 Å². The number of nitrogens with two attached hydrogens (primary N) is 2. The molecule has 0 spiro atoms. The molecule has 0 heterocycles. The molecule has 0 radical (unpaired) electrons. The van der Waals surface area contributed by atoms with Gasteiger partial charge < -0.3 is 16.2 Å². The van der Waals surface area contributed by atoms with Gasteiger partial charge in [-0.1, -0.05) is 11.6 Å². The number of carbonyl (C=O) groups is 1. The molecule has 0 aliphatic rings. The van der Waals surface area contributed by atoms with Gasteiger partial charge in [-0.3, -0.25) is 0 Å². The monoisotopic (exact) mass is 250 g/mol. The number of carbonyl (C=O) groups excluding carboxylic acids is 1. The highest BCUT2D eigenvalue weighted by atomic mass is 35.5. The molecule has 1 rings (SSSR count). The predicted octanol–water partition coefficient (Wildman–Crippen LogP) is 1.99. The Morgan fingerprint density at radius 2 is 2.13 bits per heavy atom. The van der Waals surface area contributed by atoms with Crippen molar-refractivity contribution in [3.8, 4) is 5.75 Å². The van der Waals surface area contributed by atoms with Crippen molar-refractivity contribution in [1.82, 2.24) is 0 Å². The average Bonchev–Trinajstić information content (AvgIpc) is 2.11. The third kappa shape index (κ3) is 3.27. The second kappa shape index (κ2) is 5.80. The smallest absolute Gasteiger partial charge is 0.409 e. The van der Waals surface area contributed by atoms with Crippen LogP contribution in [0.1, 0.15) is 11.1 Å². The maximum Gasteiger partial charge on any atom is 0.409 e. The number of halogens is 2. The molecule has 0 saturated heterocycles. The Kier molecular flexibility index (Phi) is 5.43. The lowest BCUT2D eigenvalue weighted by Crippen LogP contribution is -2.18. The Morgan fingerprint density at radius 3 is 2.60 bits per heavy atom. The van der Waals surface area contributed by atoms with E-state index in [9.17, 15) is 4.79 Å². The fourth-order valence-corrected chi connectivity index (χ4v) is 1.34. The Bertz CT molecular complexity index is 369. The number of amides is 1. The van der Waals surface area contributed by atoms with Crippen LogP contribution in [-0.2, 0) is 6.54 Å². The summed E-state index contributed by atoms with van der Waals surface area (Å²) in [5.74, 6) is 0.363. The highest BCUT2D eigenvalue weighted by Gasteiger charge is 2.10. The van der Waals surface area contributed by atoms with Gasteiger partial charge in [0, 0.05) is 17.1 Å².